The normalized spacial score (nSPS) is 11.0. The molecule has 6 nitrogen and oxygen atoms in total. The van der Waals surface area contributed by atoms with Gasteiger partial charge in [0, 0.05) is 4.47 Å². The van der Waals surface area contributed by atoms with Crippen molar-refractivity contribution in [2.45, 2.75) is 6.92 Å². The Balaban J connectivity index is 1.81. The lowest BCUT2D eigenvalue weighted by molar-refractivity contribution is 0.102. The highest BCUT2D eigenvalue weighted by Crippen LogP contribution is 2.30. The van der Waals surface area contributed by atoms with E-state index >= 15 is 0 Å². The van der Waals surface area contributed by atoms with Gasteiger partial charge in [-0.1, -0.05) is 32.7 Å². The molecule has 3 aromatic heterocycles. The second-order valence-corrected chi connectivity index (χ2v) is 6.88. The van der Waals surface area contributed by atoms with Gasteiger partial charge in [-0.3, -0.25) is 4.79 Å². The molecule has 3 heterocycles. The molecule has 0 aliphatic rings. The third-order valence-electron chi connectivity index (χ3n) is 3.81. The van der Waals surface area contributed by atoms with Crippen molar-refractivity contribution >= 4 is 50.2 Å². The van der Waals surface area contributed by atoms with Gasteiger partial charge in [0.15, 0.2) is 5.76 Å². The molecule has 1 amide bonds. The number of nitrogens with zero attached hydrogens (tertiary/aromatic N) is 2. The zero-order chi connectivity index (χ0) is 18.3. The number of carbonyl (C=O) groups is 1. The highest BCUT2D eigenvalue weighted by molar-refractivity contribution is 9.10. The number of hydrogen-bond acceptors (Lipinski definition) is 5. The highest BCUT2D eigenvalue weighted by Gasteiger charge is 2.20. The maximum atomic E-state index is 12.9. The molecule has 1 aromatic carbocycles. The van der Waals surface area contributed by atoms with Crippen LogP contribution in [0.15, 0.2) is 56.1 Å². The zero-order valence-corrected chi connectivity index (χ0v) is 15.8. The maximum Gasteiger partial charge on any atom is 0.259 e. The van der Waals surface area contributed by atoms with Gasteiger partial charge in [0.1, 0.15) is 5.69 Å². The monoisotopic (exact) mass is 431 g/mol. The van der Waals surface area contributed by atoms with Crippen LogP contribution in [-0.4, -0.2) is 16.0 Å². The van der Waals surface area contributed by atoms with Crippen LogP contribution >= 0.6 is 27.5 Å². The number of aryl methyl sites for hydroxylation is 1. The topological polar surface area (TPSA) is 81.2 Å². The molecule has 4 rings (SSSR count). The quantitative estimate of drug-likeness (QED) is 0.465. The molecule has 26 heavy (non-hydrogen) atoms. The summed E-state index contributed by atoms with van der Waals surface area (Å²) in [5.41, 5.74) is 2.19. The van der Waals surface area contributed by atoms with Crippen LogP contribution in [0.4, 0.5) is 5.69 Å². The molecule has 0 unspecified atom stereocenters. The average molecular weight is 433 g/mol. The summed E-state index contributed by atoms with van der Waals surface area (Å²) in [4.78, 5) is 17.3. The first kappa shape index (κ1) is 16.8. The summed E-state index contributed by atoms with van der Waals surface area (Å²) in [7, 11) is 0. The summed E-state index contributed by atoms with van der Waals surface area (Å²) < 4.78 is 11.5. The van der Waals surface area contributed by atoms with E-state index in [9.17, 15) is 4.79 Å². The number of hydrogen-bond donors (Lipinski definition) is 1. The van der Waals surface area contributed by atoms with Crippen molar-refractivity contribution < 1.29 is 13.7 Å². The number of fused-ring (bicyclic) bond motifs is 1. The van der Waals surface area contributed by atoms with E-state index in [1.54, 1.807) is 43.3 Å². The van der Waals surface area contributed by atoms with Crippen LogP contribution in [0, 0.1) is 6.92 Å². The van der Waals surface area contributed by atoms with Gasteiger partial charge in [-0.05, 0) is 43.3 Å². The Bertz CT molecular complexity index is 1120. The standard InChI is InChI=1S/C18H11BrClN3O3/c1-9-16-11(17(24)21-13-5-4-10(19)7-12(13)20)8-14(15-3-2-6-25-15)22-18(16)26-23-9/h2-8H,1H3,(H,21,24). The largest absolute Gasteiger partial charge is 0.463 e. The molecule has 130 valence electrons. The molecule has 0 spiro atoms. The van der Waals surface area contributed by atoms with Gasteiger partial charge in [-0.15, -0.1) is 0 Å². The second-order valence-electron chi connectivity index (χ2n) is 5.56. The first-order valence-electron chi connectivity index (χ1n) is 7.60. The fourth-order valence-corrected chi connectivity index (χ4v) is 3.33. The van der Waals surface area contributed by atoms with Crippen LogP contribution in [0.2, 0.25) is 5.02 Å². The Labute approximate surface area is 161 Å². The minimum absolute atomic E-state index is 0.267. The Hall–Kier alpha value is -2.64. The number of benzene rings is 1. The van der Waals surface area contributed by atoms with E-state index < -0.39 is 0 Å². The van der Waals surface area contributed by atoms with Crippen molar-refractivity contribution in [1.29, 1.82) is 0 Å². The molecule has 0 fully saturated rings. The molecule has 0 aliphatic heterocycles. The van der Waals surface area contributed by atoms with E-state index in [4.69, 9.17) is 20.5 Å². The number of anilines is 1. The van der Waals surface area contributed by atoms with Gasteiger partial charge in [0.05, 0.1) is 33.6 Å². The highest BCUT2D eigenvalue weighted by atomic mass is 79.9. The molecule has 0 saturated carbocycles. The number of aromatic nitrogens is 2. The first-order chi connectivity index (χ1) is 12.5. The molecular formula is C18H11BrClN3O3. The van der Waals surface area contributed by atoms with Crippen LogP contribution < -0.4 is 5.32 Å². The van der Waals surface area contributed by atoms with Crippen molar-refractivity contribution in [3.05, 3.63) is 63.4 Å². The fourth-order valence-electron chi connectivity index (χ4n) is 2.60. The van der Waals surface area contributed by atoms with Crippen LogP contribution in [0.3, 0.4) is 0 Å². The molecule has 8 heteroatoms. The van der Waals surface area contributed by atoms with Crippen molar-refractivity contribution in [3.8, 4) is 11.5 Å². The van der Waals surface area contributed by atoms with E-state index in [-0.39, 0.29) is 11.6 Å². The predicted octanol–water partition coefficient (Wildman–Crippen LogP) is 5.46. The Morgan fingerprint density at radius 3 is 2.85 bits per heavy atom. The fraction of sp³-hybridized carbons (Fsp3) is 0.0556. The smallest absolute Gasteiger partial charge is 0.259 e. The molecule has 0 bridgehead atoms. The van der Waals surface area contributed by atoms with Crippen molar-refractivity contribution in [3.63, 3.8) is 0 Å². The average Bonchev–Trinajstić information content (AvgIpc) is 3.27. The van der Waals surface area contributed by atoms with Gasteiger partial charge in [-0.25, -0.2) is 4.98 Å². The first-order valence-corrected chi connectivity index (χ1v) is 8.77. The molecule has 0 aliphatic carbocycles. The maximum absolute atomic E-state index is 12.9. The van der Waals surface area contributed by atoms with E-state index in [2.05, 4.69) is 31.4 Å². The summed E-state index contributed by atoms with van der Waals surface area (Å²) in [6.07, 6.45) is 1.54. The summed E-state index contributed by atoms with van der Waals surface area (Å²) in [6.45, 7) is 1.75. The van der Waals surface area contributed by atoms with Crippen molar-refractivity contribution in [2.24, 2.45) is 0 Å². The summed E-state index contributed by atoms with van der Waals surface area (Å²) in [5.74, 6) is 0.178. The third kappa shape index (κ3) is 3.00. The number of amides is 1. The number of nitrogens with one attached hydrogen (secondary N) is 1. The summed E-state index contributed by atoms with van der Waals surface area (Å²) >= 11 is 9.54. The number of rotatable bonds is 3. The van der Waals surface area contributed by atoms with Crippen molar-refractivity contribution in [2.75, 3.05) is 5.32 Å². The lowest BCUT2D eigenvalue weighted by atomic mass is 10.1. The minimum atomic E-state index is -0.347. The number of carbonyl (C=O) groups excluding carboxylic acids is 1. The van der Waals surface area contributed by atoms with Gasteiger partial charge < -0.3 is 14.3 Å². The SMILES string of the molecule is Cc1noc2nc(-c3ccco3)cc(C(=O)Nc3ccc(Br)cc3Cl)c12. The molecular weight excluding hydrogens is 422 g/mol. The van der Waals surface area contributed by atoms with Crippen molar-refractivity contribution in [1.82, 2.24) is 10.1 Å². The van der Waals surface area contributed by atoms with E-state index in [0.717, 1.165) is 4.47 Å². The summed E-state index contributed by atoms with van der Waals surface area (Å²) in [6, 6.07) is 10.4. The number of halogens is 2. The third-order valence-corrected chi connectivity index (χ3v) is 4.62. The zero-order valence-electron chi connectivity index (χ0n) is 13.4. The Morgan fingerprint density at radius 2 is 2.12 bits per heavy atom. The lowest BCUT2D eigenvalue weighted by Gasteiger charge is -2.09. The molecule has 1 N–H and O–H groups in total. The van der Waals surface area contributed by atoms with Crippen LogP contribution in [0.1, 0.15) is 16.1 Å². The molecule has 0 saturated heterocycles. The lowest BCUT2D eigenvalue weighted by Crippen LogP contribution is -2.13. The molecule has 0 radical (unpaired) electrons. The molecule has 0 atom stereocenters. The van der Waals surface area contributed by atoms with Crippen LogP contribution in [0.25, 0.3) is 22.6 Å². The number of furan rings is 1. The van der Waals surface area contributed by atoms with E-state index in [0.29, 0.717) is 38.8 Å². The molecule has 4 aromatic rings. The van der Waals surface area contributed by atoms with E-state index in [1.165, 1.54) is 6.26 Å². The van der Waals surface area contributed by atoms with Gasteiger partial charge in [-0.2, -0.15) is 0 Å². The van der Waals surface area contributed by atoms with Gasteiger partial charge in [0.2, 0.25) is 0 Å². The second kappa shape index (κ2) is 6.59. The van der Waals surface area contributed by atoms with E-state index in [1.807, 2.05) is 0 Å². The number of pyridine rings is 1. The Kier molecular flexibility index (Phi) is 4.26. The van der Waals surface area contributed by atoms with Crippen LogP contribution in [-0.2, 0) is 0 Å². The van der Waals surface area contributed by atoms with Gasteiger partial charge >= 0.3 is 0 Å². The Morgan fingerprint density at radius 1 is 1.27 bits per heavy atom. The van der Waals surface area contributed by atoms with Crippen LogP contribution in [0.5, 0.6) is 0 Å². The van der Waals surface area contributed by atoms with Gasteiger partial charge in [0.25, 0.3) is 11.6 Å². The minimum Gasteiger partial charge on any atom is -0.463 e. The summed E-state index contributed by atoms with van der Waals surface area (Å²) in [5, 5.41) is 7.70. The predicted molar refractivity (Wildman–Crippen MR) is 101 cm³/mol.